The first-order chi connectivity index (χ1) is 15.7. The normalized spacial score (nSPS) is 11.6. The van der Waals surface area contributed by atoms with Crippen molar-refractivity contribution < 1.29 is 23.2 Å². The number of anilines is 1. The number of nitro benzene ring substituents is 1. The fraction of sp³-hybridized carbons (Fsp3) is 0.0909. The summed E-state index contributed by atoms with van der Waals surface area (Å²) in [6.07, 6.45) is 0. The van der Waals surface area contributed by atoms with E-state index in [-0.39, 0.29) is 22.0 Å². The van der Waals surface area contributed by atoms with Crippen LogP contribution in [-0.4, -0.2) is 36.6 Å². The molecule has 0 bridgehead atoms. The molecular formula is C22H20N4O6S. The molecular weight excluding hydrogens is 448 g/mol. The van der Waals surface area contributed by atoms with E-state index in [0.717, 1.165) is 10.4 Å². The van der Waals surface area contributed by atoms with Gasteiger partial charge in [-0.1, -0.05) is 36.4 Å². The Bertz CT molecular complexity index is 1310. The number of aromatic hydroxyl groups is 1. The van der Waals surface area contributed by atoms with Crippen LogP contribution in [0.2, 0.25) is 0 Å². The number of nitro groups is 1. The molecule has 3 rings (SSSR count). The Morgan fingerprint density at radius 1 is 1.06 bits per heavy atom. The van der Waals surface area contributed by atoms with Crippen LogP contribution in [0.15, 0.2) is 88.9 Å². The molecule has 3 aromatic carbocycles. The fourth-order valence-electron chi connectivity index (χ4n) is 2.95. The number of non-ortho nitro benzene ring substituents is 1. The predicted molar refractivity (Wildman–Crippen MR) is 123 cm³/mol. The van der Waals surface area contributed by atoms with Crippen molar-refractivity contribution in [3.8, 4) is 5.75 Å². The molecule has 0 aromatic heterocycles. The van der Waals surface area contributed by atoms with Crippen molar-refractivity contribution in [2.45, 2.75) is 11.8 Å². The number of phenolic OH excluding ortho intramolecular Hbond substituents is 1. The number of hydrogen-bond acceptors (Lipinski definition) is 7. The first-order valence-corrected chi connectivity index (χ1v) is 11.1. The molecule has 0 unspecified atom stereocenters. The molecule has 0 spiro atoms. The van der Waals surface area contributed by atoms with Crippen LogP contribution in [0.5, 0.6) is 5.75 Å². The lowest BCUT2D eigenvalue weighted by Crippen LogP contribution is -2.39. The zero-order valence-electron chi connectivity index (χ0n) is 17.5. The minimum atomic E-state index is -4.23. The van der Waals surface area contributed by atoms with Crippen LogP contribution in [0.3, 0.4) is 0 Å². The molecule has 0 heterocycles. The van der Waals surface area contributed by atoms with Gasteiger partial charge in [0.15, 0.2) is 0 Å². The summed E-state index contributed by atoms with van der Waals surface area (Å²) in [5, 5.41) is 25.0. The van der Waals surface area contributed by atoms with Gasteiger partial charge in [-0.15, -0.1) is 0 Å². The Morgan fingerprint density at radius 3 is 2.39 bits per heavy atom. The third-order valence-electron chi connectivity index (χ3n) is 4.59. The Kier molecular flexibility index (Phi) is 7.04. The van der Waals surface area contributed by atoms with Crippen molar-refractivity contribution in [3.63, 3.8) is 0 Å². The highest BCUT2D eigenvalue weighted by Gasteiger charge is 2.28. The highest BCUT2D eigenvalue weighted by Crippen LogP contribution is 2.26. The Hall–Kier alpha value is -4.25. The summed E-state index contributed by atoms with van der Waals surface area (Å²) >= 11 is 0. The molecule has 170 valence electrons. The average Bonchev–Trinajstić information content (AvgIpc) is 2.81. The van der Waals surface area contributed by atoms with Crippen LogP contribution in [0.25, 0.3) is 0 Å². The largest absolute Gasteiger partial charge is 0.507 e. The summed E-state index contributed by atoms with van der Waals surface area (Å²) in [6, 6.07) is 18.8. The van der Waals surface area contributed by atoms with E-state index in [1.807, 2.05) is 0 Å². The van der Waals surface area contributed by atoms with Crippen molar-refractivity contribution in [3.05, 3.63) is 94.5 Å². The van der Waals surface area contributed by atoms with E-state index in [1.165, 1.54) is 48.5 Å². The summed E-state index contributed by atoms with van der Waals surface area (Å²) in [5.41, 5.74) is 2.59. The van der Waals surface area contributed by atoms with Gasteiger partial charge in [0.05, 0.1) is 21.2 Å². The first-order valence-electron chi connectivity index (χ1n) is 9.64. The Morgan fingerprint density at radius 2 is 1.73 bits per heavy atom. The van der Waals surface area contributed by atoms with E-state index >= 15 is 0 Å². The standard InChI is InChI=1S/C22H20N4O6S/c1-16(20-12-5-6-13-21(20)27)23-24-22(28)15-25(17-8-7-9-18(14-17)26(29)30)33(31,32)19-10-3-2-4-11-19/h2-14,27H,15H2,1H3,(H,24,28)/b23-16-. The van der Waals surface area contributed by atoms with Gasteiger partial charge in [0.1, 0.15) is 12.3 Å². The quantitative estimate of drug-likeness (QED) is 0.296. The number of nitrogens with zero attached hydrogens (tertiary/aromatic N) is 3. The smallest absolute Gasteiger partial charge is 0.271 e. The van der Waals surface area contributed by atoms with Crippen molar-refractivity contribution in [1.82, 2.24) is 5.43 Å². The maximum Gasteiger partial charge on any atom is 0.271 e. The van der Waals surface area contributed by atoms with Crippen LogP contribution in [0.1, 0.15) is 12.5 Å². The molecule has 0 fully saturated rings. The number of sulfonamides is 1. The van der Waals surface area contributed by atoms with Gasteiger partial charge in [0.25, 0.3) is 21.6 Å². The van der Waals surface area contributed by atoms with Gasteiger partial charge in [-0.2, -0.15) is 5.10 Å². The van der Waals surface area contributed by atoms with Gasteiger partial charge < -0.3 is 5.11 Å². The van der Waals surface area contributed by atoms with Crippen LogP contribution in [-0.2, 0) is 14.8 Å². The van der Waals surface area contributed by atoms with Crippen molar-refractivity contribution in [1.29, 1.82) is 0 Å². The summed E-state index contributed by atoms with van der Waals surface area (Å²) in [7, 11) is -4.23. The monoisotopic (exact) mass is 468 g/mol. The second-order valence-corrected chi connectivity index (χ2v) is 8.71. The number of phenols is 1. The second kappa shape index (κ2) is 9.92. The highest BCUT2D eigenvalue weighted by molar-refractivity contribution is 7.92. The summed E-state index contributed by atoms with van der Waals surface area (Å²) in [6.45, 7) is 0.879. The number of para-hydroxylation sites is 1. The van der Waals surface area contributed by atoms with Crippen LogP contribution < -0.4 is 9.73 Å². The number of carbonyl (C=O) groups excluding carboxylic acids is 1. The molecule has 0 aliphatic carbocycles. The lowest BCUT2D eigenvalue weighted by Gasteiger charge is -2.23. The third kappa shape index (κ3) is 5.52. The second-order valence-electron chi connectivity index (χ2n) is 6.85. The van der Waals surface area contributed by atoms with E-state index in [4.69, 9.17) is 0 Å². The van der Waals surface area contributed by atoms with Crippen molar-refractivity contribution in [2.75, 3.05) is 10.8 Å². The molecule has 0 saturated heterocycles. The predicted octanol–water partition coefficient (Wildman–Crippen LogP) is 3.04. The lowest BCUT2D eigenvalue weighted by molar-refractivity contribution is -0.384. The van der Waals surface area contributed by atoms with E-state index in [0.29, 0.717) is 11.3 Å². The molecule has 0 atom stereocenters. The fourth-order valence-corrected chi connectivity index (χ4v) is 4.38. The number of carbonyl (C=O) groups is 1. The van der Waals surface area contributed by atoms with Gasteiger partial charge in [-0.25, -0.2) is 13.8 Å². The minimum Gasteiger partial charge on any atom is -0.507 e. The van der Waals surface area contributed by atoms with Gasteiger partial charge in [-0.3, -0.25) is 19.2 Å². The Balaban J connectivity index is 1.92. The van der Waals surface area contributed by atoms with E-state index in [1.54, 1.807) is 31.2 Å². The van der Waals surface area contributed by atoms with E-state index < -0.39 is 27.4 Å². The van der Waals surface area contributed by atoms with Gasteiger partial charge in [0, 0.05) is 17.7 Å². The Labute approximate surface area is 190 Å². The molecule has 0 radical (unpaired) electrons. The minimum absolute atomic E-state index is 0.0297. The zero-order valence-corrected chi connectivity index (χ0v) is 18.3. The summed E-state index contributed by atoms with van der Waals surface area (Å²) in [4.78, 5) is 23.1. The van der Waals surface area contributed by atoms with Gasteiger partial charge in [-0.05, 0) is 37.3 Å². The summed E-state index contributed by atoms with van der Waals surface area (Å²) < 4.78 is 27.3. The topological polar surface area (TPSA) is 142 Å². The first kappa shape index (κ1) is 23.4. The van der Waals surface area contributed by atoms with Crippen LogP contribution in [0.4, 0.5) is 11.4 Å². The van der Waals surface area contributed by atoms with Crippen molar-refractivity contribution in [2.24, 2.45) is 5.10 Å². The molecule has 10 nitrogen and oxygen atoms in total. The summed E-state index contributed by atoms with van der Waals surface area (Å²) in [5.74, 6) is -0.811. The number of hydrazone groups is 1. The van der Waals surface area contributed by atoms with Gasteiger partial charge >= 0.3 is 0 Å². The molecule has 11 heteroatoms. The molecule has 2 N–H and O–H groups in total. The number of amides is 1. The maximum absolute atomic E-state index is 13.3. The lowest BCUT2D eigenvalue weighted by atomic mass is 10.1. The molecule has 0 aliphatic heterocycles. The van der Waals surface area contributed by atoms with Crippen LogP contribution in [0, 0.1) is 10.1 Å². The number of nitrogens with one attached hydrogen (secondary N) is 1. The maximum atomic E-state index is 13.3. The molecule has 1 amide bonds. The third-order valence-corrected chi connectivity index (χ3v) is 6.38. The highest BCUT2D eigenvalue weighted by atomic mass is 32.2. The zero-order chi connectivity index (χ0) is 24.0. The average molecular weight is 468 g/mol. The SMILES string of the molecule is C/C(=N/NC(=O)CN(c1cccc([N+](=O)[O-])c1)S(=O)(=O)c1ccccc1)c1ccccc1O. The molecule has 33 heavy (non-hydrogen) atoms. The molecule has 0 saturated carbocycles. The van der Waals surface area contributed by atoms with Gasteiger partial charge in [0.2, 0.25) is 0 Å². The molecule has 0 aliphatic rings. The number of benzene rings is 3. The van der Waals surface area contributed by atoms with E-state index in [2.05, 4.69) is 10.5 Å². The van der Waals surface area contributed by atoms with Crippen molar-refractivity contribution >= 4 is 33.0 Å². The van der Waals surface area contributed by atoms with E-state index in [9.17, 15) is 28.4 Å². The number of rotatable bonds is 8. The molecule has 3 aromatic rings. The number of hydrogen-bond donors (Lipinski definition) is 2. The van der Waals surface area contributed by atoms with Crippen LogP contribution >= 0.6 is 0 Å².